The Morgan fingerprint density at radius 2 is 1.56 bits per heavy atom. The van der Waals surface area contributed by atoms with E-state index in [0.29, 0.717) is 0 Å². The van der Waals surface area contributed by atoms with E-state index in [1.807, 2.05) is 0 Å². The number of hydrogen-bond acceptors (Lipinski definition) is 2. The van der Waals surface area contributed by atoms with Crippen LogP contribution in [-0.2, 0) is 6.42 Å². The molecule has 16 heavy (non-hydrogen) atoms. The normalized spacial score (nSPS) is 10.8. The summed E-state index contributed by atoms with van der Waals surface area (Å²) in [5.41, 5.74) is 0. The summed E-state index contributed by atoms with van der Waals surface area (Å²) in [6.45, 7) is 2.26. The lowest BCUT2D eigenvalue weighted by Crippen LogP contribution is -2.09. The average molecular weight is 225 g/mol. The quantitative estimate of drug-likeness (QED) is 0.622. The van der Waals surface area contributed by atoms with E-state index in [0.717, 1.165) is 12.2 Å². The molecule has 0 aliphatic rings. The summed E-state index contributed by atoms with van der Waals surface area (Å²) in [6.07, 6.45) is 13.3. The summed E-state index contributed by atoms with van der Waals surface area (Å²) in [5, 5.41) is 13.1. The molecule has 0 atom stereocenters. The second-order valence-electron chi connectivity index (χ2n) is 4.46. The third-order valence-corrected chi connectivity index (χ3v) is 2.94. The Hall–Kier alpha value is -0.930. The van der Waals surface area contributed by atoms with Gasteiger partial charge in [0.25, 0.3) is 5.82 Å². The Bertz CT molecular complexity index is 233. The minimum atomic E-state index is 0.975. The van der Waals surface area contributed by atoms with Gasteiger partial charge >= 0.3 is 0 Å². The Labute approximate surface area is 98.2 Å². The number of tetrazole rings is 1. The first-order chi connectivity index (χ1) is 7.93. The van der Waals surface area contributed by atoms with E-state index >= 15 is 0 Å². The van der Waals surface area contributed by atoms with Crippen LogP contribution in [0.1, 0.15) is 70.5 Å². The molecule has 0 aliphatic carbocycles. The summed E-state index contributed by atoms with van der Waals surface area (Å²) in [7, 11) is 0. The van der Waals surface area contributed by atoms with Crippen molar-refractivity contribution in [3.8, 4) is 0 Å². The Kier molecular flexibility index (Phi) is 7.64. The first-order valence-electron chi connectivity index (χ1n) is 6.71. The molecule has 0 saturated carbocycles. The van der Waals surface area contributed by atoms with Gasteiger partial charge in [-0.2, -0.15) is 5.10 Å². The molecule has 1 rings (SSSR count). The zero-order valence-electron chi connectivity index (χ0n) is 10.5. The summed E-state index contributed by atoms with van der Waals surface area (Å²) < 4.78 is 0. The van der Waals surface area contributed by atoms with Crippen molar-refractivity contribution in [2.24, 2.45) is 0 Å². The second-order valence-corrected chi connectivity index (χ2v) is 4.46. The highest BCUT2D eigenvalue weighted by Crippen LogP contribution is 2.10. The first kappa shape index (κ1) is 13.1. The van der Waals surface area contributed by atoms with Gasteiger partial charge in [0.1, 0.15) is 5.10 Å². The predicted octanol–water partition coefficient (Wildman–Crippen LogP) is 2.69. The Morgan fingerprint density at radius 1 is 0.938 bits per heavy atom. The van der Waals surface area contributed by atoms with Crippen LogP contribution in [0.2, 0.25) is 0 Å². The lowest BCUT2D eigenvalue weighted by molar-refractivity contribution is -0.466. The van der Waals surface area contributed by atoms with Gasteiger partial charge in [0.05, 0.1) is 0 Å². The van der Waals surface area contributed by atoms with Crippen molar-refractivity contribution in [2.75, 3.05) is 0 Å². The van der Waals surface area contributed by atoms with Gasteiger partial charge in [0, 0.05) is 6.42 Å². The highest BCUT2D eigenvalue weighted by Gasteiger charge is 2.03. The van der Waals surface area contributed by atoms with Crippen LogP contribution in [0, 0.1) is 0 Å². The summed E-state index contributed by atoms with van der Waals surface area (Å²) in [5.74, 6) is 0.975. The van der Waals surface area contributed by atoms with Crippen LogP contribution in [-0.4, -0.2) is 15.5 Å². The van der Waals surface area contributed by atoms with Crippen LogP contribution in [0.3, 0.4) is 0 Å². The maximum atomic E-state index is 3.92. The number of nitrogens with one attached hydrogen (secondary N) is 2. The Morgan fingerprint density at radius 3 is 2.12 bits per heavy atom. The van der Waals surface area contributed by atoms with Gasteiger partial charge < -0.3 is 0 Å². The van der Waals surface area contributed by atoms with Gasteiger partial charge in [0.2, 0.25) is 0 Å². The highest BCUT2D eigenvalue weighted by molar-refractivity contribution is 4.66. The van der Waals surface area contributed by atoms with Crippen molar-refractivity contribution in [1.29, 1.82) is 0 Å². The highest BCUT2D eigenvalue weighted by atomic mass is 15.5. The van der Waals surface area contributed by atoms with E-state index < -0.39 is 0 Å². The van der Waals surface area contributed by atoms with Crippen LogP contribution in [0.25, 0.3) is 0 Å². The predicted molar refractivity (Wildman–Crippen MR) is 63.9 cm³/mol. The van der Waals surface area contributed by atoms with E-state index in [4.69, 9.17) is 0 Å². The second kappa shape index (κ2) is 9.31. The van der Waals surface area contributed by atoms with E-state index in [9.17, 15) is 0 Å². The van der Waals surface area contributed by atoms with Gasteiger partial charge in [-0.25, -0.2) is 0 Å². The number of rotatable bonds is 10. The molecule has 0 bridgehead atoms. The minimum Gasteiger partial charge on any atom is -0.176 e. The average Bonchev–Trinajstić information content (AvgIpc) is 2.80. The van der Waals surface area contributed by atoms with Gasteiger partial charge in [0.15, 0.2) is 5.21 Å². The number of aromatic amines is 2. The van der Waals surface area contributed by atoms with Gasteiger partial charge in [-0.1, -0.05) is 63.5 Å². The molecule has 4 nitrogen and oxygen atoms in total. The van der Waals surface area contributed by atoms with Gasteiger partial charge in [-0.15, -0.1) is 0 Å². The summed E-state index contributed by atoms with van der Waals surface area (Å²) in [6, 6.07) is 0. The number of H-pyrrole nitrogens is 2. The van der Waals surface area contributed by atoms with Crippen molar-refractivity contribution in [3.05, 3.63) is 5.82 Å². The molecular weight excluding hydrogens is 200 g/mol. The number of aryl methyl sites for hydroxylation is 1. The van der Waals surface area contributed by atoms with Crippen LogP contribution in [0.5, 0.6) is 0 Å². The third kappa shape index (κ3) is 6.53. The number of nitrogens with zero attached hydrogens (tertiary/aromatic N) is 2. The topological polar surface area (TPSA) is 55.7 Å². The van der Waals surface area contributed by atoms with Gasteiger partial charge in [-0.3, -0.25) is 0 Å². The zero-order chi connectivity index (χ0) is 11.5. The maximum absolute atomic E-state index is 3.92. The monoisotopic (exact) mass is 225 g/mol. The molecule has 0 unspecified atom stereocenters. The molecular formula is C12H25N4+. The van der Waals surface area contributed by atoms with E-state index in [-0.39, 0.29) is 0 Å². The molecule has 0 aromatic carbocycles. The molecule has 0 amide bonds. The fraction of sp³-hybridized carbons (Fsp3) is 0.917. The summed E-state index contributed by atoms with van der Waals surface area (Å²) in [4.78, 5) is 0. The molecule has 2 N–H and O–H groups in total. The molecule has 0 spiro atoms. The molecule has 0 radical (unpaired) electrons. The zero-order valence-corrected chi connectivity index (χ0v) is 10.5. The van der Waals surface area contributed by atoms with Crippen LogP contribution in [0.15, 0.2) is 0 Å². The fourth-order valence-corrected chi connectivity index (χ4v) is 1.92. The van der Waals surface area contributed by atoms with Crippen molar-refractivity contribution < 1.29 is 5.10 Å². The fourth-order valence-electron chi connectivity index (χ4n) is 1.92. The molecule has 92 valence electrons. The van der Waals surface area contributed by atoms with Crippen molar-refractivity contribution >= 4 is 0 Å². The number of unbranched alkanes of at least 4 members (excludes halogenated alkanes) is 8. The molecule has 1 heterocycles. The molecule has 1 aromatic rings. The number of hydrogen-bond donors (Lipinski definition) is 1. The van der Waals surface area contributed by atoms with Gasteiger partial charge in [-0.05, 0) is 6.42 Å². The molecule has 1 aromatic heterocycles. The van der Waals surface area contributed by atoms with E-state index in [2.05, 4.69) is 27.5 Å². The largest absolute Gasteiger partial charge is 0.298 e. The number of aromatic nitrogens is 4. The standard InChI is InChI=1S/C12H24N4/c1-2-3-4-5-6-7-8-9-10-11-12-13-15-16-14-12/h2-11H2,1H3,(H,13,14,15,16)/p+1. The van der Waals surface area contributed by atoms with Crippen LogP contribution in [0.4, 0.5) is 0 Å². The smallest absolute Gasteiger partial charge is 0.176 e. The van der Waals surface area contributed by atoms with Crippen molar-refractivity contribution in [2.45, 2.75) is 71.1 Å². The van der Waals surface area contributed by atoms with E-state index in [1.165, 1.54) is 57.8 Å². The molecule has 0 fully saturated rings. The van der Waals surface area contributed by atoms with Crippen molar-refractivity contribution in [3.63, 3.8) is 0 Å². The maximum Gasteiger partial charge on any atom is 0.298 e. The third-order valence-electron chi connectivity index (χ3n) is 2.94. The SMILES string of the molecule is CCCCCCCCCCCc1nn[nH][nH+]1. The molecule has 0 saturated heterocycles. The molecule has 4 heteroatoms. The van der Waals surface area contributed by atoms with Crippen LogP contribution >= 0.6 is 0 Å². The lowest BCUT2D eigenvalue weighted by atomic mass is 10.1. The van der Waals surface area contributed by atoms with Crippen molar-refractivity contribution in [1.82, 2.24) is 15.5 Å². The molecule has 0 aliphatic heterocycles. The van der Waals surface area contributed by atoms with E-state index in [1.54, 1.807) is 0 Å². The minimum absolute atomic E-state index is 0.975. The summed E-state index contributed by atoms with van der Waals surface area (Å²) >= 11 is 0. The Balaban J connectivity index is 1.78. The first-order valence-corrected chi connectivity index (χ1v) is 6.71. The van der Waals surface area contributed by atoms with Crippen LogP contribution < -0.4 is 5.10 Å². The lowest BCUT2D eigenvalue weighted by Gasteiger charge is -2.00.